The Balaban J connectivity index is 2.49. The molecule has 3 heteroatoms. The third-order valence-electron chi connectivity index (χ3n) is 1.82. The van der Waals surface area contributed by atoms with Gasteiger partial charge in [0.1, 0.15) is 0 Å². The van der Waals surface area contributed by atoms with E-state index in [1.165, 1.54) is 0 Å². The molecule has 0 aliphatic carbocycles. The van der Waals surface area contributed by atoms with Gasteiger partial charge in [0.15, 0.2) is 10.7 Å². The quantitative estimate of drug-likeness (QED) is 0.653. The van der Waals surface area contributed by atoms with Gasteiger partial charge in [0.2, 0.25) is 0 Å². The molecule has 0 saturated carbocycles. The highest BCUT2D eigenvalue weighted by Gasteiger charge is 2.37. The molecule has 1 aliphatic rings. The molecule has 0 amide bonds. The van der Waals surface area contributed by atoms with E-state index in [9.17, 15) is 4.79 Å². The monoisotopic (exact) mass is 174 g/mol. The third kappa shape index (κ3) is 1.97. The summed E-state index contributed by atoms with van der Waals surface area (Å²) in [5, 5.41) is 0. The van der Waals surface area contributed by atoms with Gasteiger partial charge in [-0.15, -0.1) is 11.8 Å². The van der Waals surface area contributed by atoms with Crippen molar-refractivity contribution in [3.63, 3.8) is 0 Å². The number of hydrogen-bond donors (Lipinski definition) is 0. The smallest absolute Gasteiger partial charge is 0.174 e. The van der Waals surface area contributed by atoms with E-state index >= 15 is 0 Å². The van der Waals surface area contributed by atoms with Crippen LogP contribution in [0.4, 0.5) is 0 Å². The van der Waals surface area contributed by atoms with E-state index < -0.39 is 4.93 Å². The Kier molecular flexibility index (Phi) is 2.96. The molecule has 0 aromatic heterocycles. The van der Waals surface area contributed by atoms with Gasteiger partial charge < -0.3 is 4.74 Å². The van der Waals surface area contributed by atoms with Crippen LogP contribution in [0.1, 0.15) is 26.7 Å². The average Bonchev–Trinajstić information content (AvgIpc) is 2.38. The number of rotatable bonds is 3. The van der Waals surface area contributed by atoms with E-state index in [0.29, 0.717) is 6.42 Å². The number of Topliss-reactive ketones (excluding diaryl/α,β-unsaturated/α-hetero) is 1. The zero-order valence-corrected chi connectivity index (χ0v) is 7.87. The molecule has 1 saturated heterocycles. The van der Waals surface area contributed by atoms with Gasteiger partial charge in [-0.05, 0) is 13.3 Å². The van der Waals surface area contributed by atoms with Gasteiger partial charge in [-0.25, -0.2) is 0 Å². The van der Waals surface area contributed by atoms with Crippen LogP contribution in [0.3, 0.4) is 0 Å². The summed E-state index contributed by atoms with van der Waals surface area (Å²) in [5.74, 6) is 1.19. The Labute approximate surface area is 71.7 Å². The topological polar surface area (TPSA) is 26.3 Å². The first kappa shape index (κ1) is 9.07. The lowest BCUT2D eigenvalue weighted by Gasteiger charge is -2.19. The number of ether oxygens (including phenoxy) is 1. The minimum atomic E-state index is -0.518. The number of carbonyl (C=O) groups is 1. The van der Waals surface area contributed by atoms with Crippen LogP contribution in [0.25, 0.3) is 0 Å². The van der Waals surface area contributed by atoms with Crippen LogP contribution in [0.5, 0.6) is 0 Å². The van der Waals surface area contributed by atoms with Gasteiger partial charge in [-0.3, -0.25) is 4.79 Å². The molecule has 2 nitrogen and oxygen atoms in total. The molecular formula is C8H14O2S. The first-order valence-corrected chi connectivity index (χ1v) is 4.99. The van der Waals surface area contributed by atoms with Crippen LogP contribution < -0.4 is 0 Å². The second-order valence-electron chi connectivity index (χ2n) is 2.82. The van der Waals surface area contributed by atoms with E-state index in [-0.39, 0.29) is 5.78 Å². The van der Waals surface area contributed by atoms with E-state index in [2.05, 4.69) is 0 Å². The SMILES string of the molecule is CCCC(=O)C1(C)OCCS1. The van der Waals surface area contributed by atoms with Crippen molar-refractivity contribution in [1.82, 2.24) is 0 Å². The maximum atomic E-state index is 11.4. The minimum Gasteiger partial charge on any atom is -0.356 e. The van der Waals surface area contributed by atoms with Gasteiger partial charge in [0, 0.05) is 12.2 Å². The molecule has 1 unspecified atom stereocenters. The summed E-state index contributed by atoms with van der Waals surface area (Å²) in [5.41, 5.74) is 0. The van der Waals surface area contributed by atoms with Crippen LogP contribution in [-0.2, 0) is 9.53 Å². The fourth-order valence-corrected chi connectivity index (χ4v) is 2.12. The number of hydrogen-bond acceptors (Lipinski definition) is 3. The first-order chi connectivity index (χ1) is 5.19. The van der Waals surface area contributed by atoms with Crippen molar-refractivity contribution in [2.24, 2.45) is 0 Å². The van der Waals surface area contributed by atoms with Crippen LogP contribution in [0, 0.1) is 0 Å². The summed E-state index contributed by atoms with van der Waals surface area (Å²) >= 11 is 1.62. The van der Waals surface area contributed by atoms with Gasteiger partial charge in [-0.2, -0.15) is 0 Å². The maximum absolute atomic E-state index is 11.4. The van der Waals surface area contributed by atoms with Crippen molar-refractivity contribution < 1.29 is 9.53 Å². The molecule has 0 aromatic carbocycles. The van der Waals surface area contributed by atoms with Crippen molar-refractivity contribution in [3.05, 3.63) is 0 Å². The molecule has 1 aliphatic heterocycles. The number of thioether (sulfide) groups is 1. The standard InChI is InChI=1S/C8H14O2S/c1-3-4-7(9)8(2)10-5-6-11-8/h3-6H2,1-2H3. The third-order valence-corrected chi connectivity index (χ3v) is 3.09. The molecule has 1 heterocycles. The van der Waals surface area contributed by atoms with E-state index in [0.717, 1.165) is 18.8 Å². The maximum Gasteiger partial charge on any atom is 0.174 e. The molecule has 1 fully saturated rings. The summed E-state index contributed by atoms with van der Waals surface area (Å²) in [7, 11) is 0. The minimum absolute atomic E-state index is 0.238. The van der Waals surface area contributed by atoms with E-state index in [1.807, 2.05) is 13.8 Å². The molecule has 1 atom stereocenters. The first-order valence-electron chi connectivity index (χ1n) is 4.00. The highest BCUT2D eigenvalue weighted by molar-refractivity contribution is 8.01. The lowest BCUT2D eigenvalue weighted by Crippen LogP contribution is -2.30. The summed E-state index contributed by atoms with van der Waals surface area (Å²) in [6.45, 7) is 4.61. The largest absolute Gasteiger partial charge is 0.356 e. The summed E-state index contributed by atoms with van der Waals surface area (Å²) in [6, 6.07) is 0. The molecule has 0 bridgehead atoms. The van der Waals surface area contributed by atoms with Crippen LogP contribution in [0.2, 0.25) is 0 Å². The summed E-state index contributed by atoms with van der Waals surface area (Å²) in [6.07, 6.45) is 1.56. The summed E-state index contributed by atoms with van der Waals surface area (Å²) < 4.78 is 5.37. The Bertz CT molecular complexity index is 150. The Morgan fingerprint density at radius 3 is 2.91 bits per heavy atom. The van der Waals surface area contributed by atoms with Gasteiger partial charge in [0.25, 0.3) is 0 Å². The normalized spacial score (nSPS) is 30.7. The van der Waals surface area contributed by atoms with Crippen LogP contribution in [0.15, 0.2) is 0 Å². The highest BCUT2D eigenvalue weighted by atomic mass is 32.2. The second kappa shape index (κ2) is 3.59. The van der Waals surface area contributed by atoms with Crippen molar-refractivity contribution in [1.29, 1.82) is 0 Å². The molecular weight excluding hydrogens is 160 g/mol. The van der Waals surface area contributed by atoms with E-state index in [4.69, 9.17) is 4.74 Å². The van der Waals surface area contributed by atoms with Crippen molar-refractivity contribution in [3.8, 4) is 0 Å². The predicted octanol–water partition coefficient (Wildman–Crippen LogP) is 1.84. The molecule has 11 heavy (non-hydrogen) atoms. The predicted molar refractivity (Wildman–Crippen MR) is 46.7 cm³/mol. The molecule has 0 aromatic rings. The van der Waals surface area contributed by atoms with E-state index in [1.54, 1.807) is 11.8 Å². The zero-order chi connectivity index (χ0) is 8.32. The van der Waals surface area contributed by atoms with Crippen molar-refractivity contribution >= 4 is 17.5 Å². The fourth-order valence-electron chi connectivity index (χ4n) is 1.13. The Morgan fingerprint density at radius 1 is 1.73 bits per heavy atom. The molecule has 0 spiro atoms. The van der Waals surface area contributed by atoms with Crippen LogP contribution >= 0.6 is 11.8 Å². The van der Waals surface area contributed by atoms with Crippen molar-refractivity contribution in [2.45, 2.75) is 31.6 Å². The summed E-state index contributed by atoms with van der Waals surface area (Å²) in [4.78, 5) is 10.9. The number of carbonyl (C=O) groups excluding carboxylic acids is 1. The molecule has 1 rings (SSSR count). The molecule has 0 N–H and O–H groups in total. The molecule has 0 radical (unpaired) electrons. The zero-order valence-electron chi connectivity index (χ0n) is 7.05. The highest BCUT2D eigenvalue weighted by Crippen LogP contribution is 2.34. The number of ketones is 1. The lowest BCUT2D eigenvalue weighted by atomic mass is 10.1. The second-order valence-corrected chi connectivity index (χ2v) is 4.29. The molecule has 64 valence electrons. The fraction of sp³-hybridized carbons (Fsp3) is 0.875. The van der Waals surface area contributed by atoms with Crippen LogP contribution in [-0.4, -0.2) is 23.1 Å². The average molecular weight is 174 g/mol. The van der Waals surface area contributed by atoms with Gasteiger partial charge in [-0.1, -0.05) is 6.92 Å². The van der Waals surface area contributed by atoms with Crippen molar-refractivity contribution in [2.75, 3.05) is 12.4 Å². The lowest BCUT2D eigenvalue weighted by molar-refractivity contribution is -0.131. The Hall–Kier alpha value is -0.0200. The van der Waals surface area contributed by atoms with Gasteiger partial charge >= 0.3 is 0 Å². The van der Waals surface area contributed by atoms with Gasteiger partial charge in [0.05, 0.1) is 6.61 Å². The Morgan fingerprint density at radius 2 is 2.45 bits per heavy atom.